The largest absolute Gasteiger partial charge is 0.406 e. The lowest BCUT2D eigenvalue weighted by Crippen LogP contribution is -2.54. The van der Waals surface area contributed by atoms with Crippen LogP contribution in [0.5, 0.6) is 0 Å². The molecule has 4 rings (SSSR count). The van der Waals surface area contributed by atoms with Crippen molar-refractivity contribution >= 4 is 46.6 Å². The maximum atomic E-state index is 13.3. The molecule has 6 nitrogen and oxygen atoms in total. The first-order valence-corrected chi connectivity index (χ1v) is 17.0. The fraction of sp³-hybridized carbons (Fsp3) is 0.667. The second-order valence-corrected chi connectivity index (χ2v) is 17.2. The number of anilines is 1. The SMILES string of the molecule is C[Si](C)(C)CCOCn1ccc2c3c(cnc21)C(=O)N(CC(F)(F)F)CN3[C@H]1CC[C@H](CBr)CC1. The third-order valence-corrected chi connectivity index (χ3v) is 9.58. The summed E-state index contributed by atoms with van der Waals surface area (Å²) in [5.41, 5.74) is 1.64. The van der Waals surface area contributed by atoms with E-state index in [1.165, 1.54) is 6.20 Å². The van der Waals surface area contributed by atoms with Gasteiger partial charge >= 0.3 is 6.18 Å². The molecule has 1 amide bonds. The van der Waals surface area contributed by atoms with Crippen LogP contribution in [0.4, 0.5) is 18.9 Å². The minimum absolute atomic E-state index is 0.0635. The van der Waals surface area contributed by atoms with Crippen LogP contribution in [0.3, 0.4) is 0 Å². The zero-order chi connectivity index (χ0) is 25.4. The molecule has 0 atom stereocenters. The van der Waals surface area contributed by atoms with Crippen LogP contribution in [0.15, 0.2) is 18.5 Å². The molecule has 35 heavy (non-hydrogen) atoms. The summed E-state index contributed by atoms with van der Waals surface area (Å²) in [5, 5.41) is 1.72. The van der Waals surface area contributed by atoms with E-state index >= 15 is 0 Å². The zero-order valence-electron chi connectivity index (χ0n) is 20.6. The Morgan fingerprint density at radius 2 is 1.91 bits per heavy atom. The van der Waals surface area contributed by atoms with E-state index < -0.39 is 26.7 Å². The second kappa shape index (κ2) is 10.4. The number of halogens is 4. The Balaban J connectivity index is 1.65. The molecule has 1 saturated carbocycles. The number of aromatic nitrogens is 2. The van der Waals surface area contributed by atoms with Gasteiger partial charge in [-0.15, -0.1) is 0 Å². The van der Waals surface area contributed by atoms with Gasteiger partial charge in [-0.3, -0.25) is 4.79 Å². The van der Waals surface area contributed by atoms with Crippen molar-refractivity contribution in [3.63, 3.8) is 0 Å². The Labute approximate surface area is 213 Å². The third kappa shape index (κ3) is 6.22. The Morgan fingerprint density at radius 3 is 2.54 bits per heavy atom. The summed E-state index contributed by atoms with van der Waals surface area (Å²) in [6.07, 6.45) is 2.66. The monoisotopic (exact) mass is 574 g/mol. The molecule has 0 aromatic carbocycles. The van der Waals surface area contributed by atoms with Gasteiger partial charge in [-0.2, -0.15) is 13.2 Å². The molecule has 2 aromatic heterocycles. The number of hydrogen-bond donors (Lipinski definition) is 0. The third-order valence-electron chi connectivity index (χ3n) is 6.96. The van der Waals surface area contributed by atoms with Gasteiger partial charge in [0.2, 0.25) is 0 Å². The number of rotatable bonds is 8. The summed E-state index contributed by atoms with van der Waals surface area (Å²) in [6.45, 7) is 6.60. The van der Waals surface area contributed by atoms with E-state index in [0.29, 0.717) is 30.6 Å². The van der Waals surface area contributed by atoms with Crippen LogP contribution < -0.4 is 4.90 Å². The minimum atomic E-state index is -4.46. The first-order valence-electron chi connectivity index (χ1n) is 12.2. The molecule has 0 bridgehead atoms. The number of alkyl halides is 4. The predicted octanol–water partition coefficient (Wildman–Crippen LogP) is 6.08. The normalized spacial score (nSPS) is 21.6. The smallest absolute Gasteiger partial charge is 0.361 e. The van der Waals surface area contributed by atoms with Gasteiger partial charge in [-0.1, -0.05) is 35.6 Å². The molecule has 0 spiro atoms. The molecule has 1 fully saturated rings. The Morgan fingerprint density at radius 1 is 1.20 bits per heavy atom. The first kappa shape index (κ1) is 26.5. The molecule has 1 aliphatic carbocycles. The average Bonchev–Trinajstić information content (AvgIpc) is 3.20. The fourth-order valence-electron chi connectivity index (χ4n) is 4.97. The van der Waals surface area contributed by atoms with E-state index in [-0.39, 0.29) is 18.3 Å². The van der Waals surface area contributed by atoms with Gasteiger partial charge in [0.25, 0.3) is 5.91 Å². The van der Waals surface area contributed by atoms with Crippen LogP contribution in [0.25, 0.3) is 11.0 Å². The van der Waals surface area contributed by atoms with Gasteiger partial charge < -0.3 is 19.1 Å². The van der Waals surface area contributed by atoms with Crippen molar-refractivity contribution in [1.82, 2.24) is 14.5 Å². The van der Waals surface area contributed by atoms with Crippen molar-refractivity contribution in [2.45, 2.75) is 70.3 Å². The van der Waals surface area contributed by atoms with E-state index in [0.717, 1.165) is 47.3 Å². The highest BCUT2D eigenvalue weighted by Crippen LogP contribution is 2.40. The highest BCUT2D eigenvalue weighted by atomic mass is 79.9. The first-order chi connectivity index (χ1) is 16.5. The van der Waals surface area contributed by atoms with E-state index in [4.69, 9.17) is 4.74 Å². The fourth-order valence-corrected chi connectivity index (χ4v) is 6.38. The molecule has 194 valence electrons. The van der Waals surface area contributed by atoms with E-state index in [1.54, 1.807) is 0 Å². The molecule has 2 aliphatic rings. The Hall–Kier alpha value is -1.59. The lowest BCUT2D eigenvalue weighted by Gasteiger charge is -2.44. The second-order valence-electron chi connectivity index (χ2n) is 10.9. The van der Waals surface area contributed by atoms with Crippen LogP contribution in [-0.2, 0) is 11.5 Å². The molecule has 0 radical (unpaired) electrons. The summed E-state index contributed by atoms with van der Waals surface area (Å²) < 4.78 is 47.7. The summed E-state index contributed by atoms with van der Waals surface area (Å²) >= 11 is 3.56. The van der Waals surface area contributed by atoms with Crippen molar-refractivity contribution in [3.8, 4) is 0 Å². The maximum absolute atomic E-state index is 13.3. The van der Waals surface area contributed by atoms with Crippen molar-refractivity contribution in [2.75, 3.05) is 30.1 Å². The van der Waals surface area contributed by atoms with Crippen LogP contribution in [-0.4, -0.2) is 65.8 Å². The van der Waals surface area contributed by atoms with E-state index in [9.17, 15) is 18.0 Å². The van der Waals surface area contributed by atoms with Crippen LogP contribution in [0, 0.1) is 5.92 Å². The van der Waals surface area contributed by atoms with Crippen molar-refractivity contribution in [1.29, 1.82) is 0 Å². The standard InChI is InChI=1S/C24H34BrF3N4O2Si/c1-35(2,3)11-10-34-16-30-9-8-19-21-20(13-29-22(19)30)23(33)31(14-24(26,27)28)15-32(21)18-6-4-17(12-25)5-7-18/h8-9,13,17-18H,4-7,10-12,14-16H2,1-3H3/t17-,18-. The van der Waals surface area contributed by atoms with Gasteiger partial charge in [-0.25, -0.2) is 4.98 Å². The Kier molecular flexibility index (Phi) is 7.87. The maximum Gasteiger partial charge on any atom is 0.406 e. The quantitative estimate of drug-likeness (QED) is 0.217. The van der Waals surface area contributed by atoms with Crippen molar-refractivity contribution in [3.05, 3.63) is 24.0 Å². The zero-order valence-corrected chi connectivity index (χ0v) is 23.2. The van der Waals surface area contributed by atoms with Crippen molar-refractivity contribution < 1.29 is 22.7 Å². The summed E-state index contributed by atoms with van der Waals surface area (Å²) in [7, 11) is -1.20. The van der Waals surface area contributed by atoms with Crippen LogP contribution >= 0.6 is 15.9 Å². The lowest BCUT2D eigenvalue weighted by molar-refractivity contribution is -0.141. The van der Waals surface area contributed by atoms with Crippen LogP contribution in [0.1, 0.15) is 36.0 Å². The minimum Gasteiger partial charge on any atom is -0.361 e. The van der Waals surface area contributed by atoms with E-state index in [2.05, 4.69) is 40.6 Å². The molecular weight excluding hydrogens is 541 g/mol. The molecule has 0 N–H and O–H groups in total. The molecule has 1 aliphatic heterocycles. The molecule has 0 saturated heterocycles. The van der Waals surface area contributed by atoms with E-state index in [1.807, 2.05) is 21.7 Å². The summed E-state index contributed by atoms with van der Waals surface area (Å²) in [6, 6.07) is 3.05. The van der Waals surface area contributed by atoms with Crippen molar-refractivity contribution in [2.24, 2.45) is 5.92 Å². The number of pyridine rings is 1. The number of ether oxygens (including phenoxy) is 1. The lowest BCUT2D eigenvalue weighted by atomic mass is 9.86. The molecule has 11 heteroatoms. The van der Waals surface area contributed by atoms with Gasteiger partial charge in [-0.05, 0) is 43.7 Å². The molecule has 0 unspecified atom stereocenters. The Bertz CT molecular complexity index is 1050. The topological polar surface area (TPSA) is 50.6 Å². The molecule has 3 heterocycles. The molecular formula is C24H34BrF3N4O2Si. The highest BCUT2D eigenvalue weighted by molar-refractivity contribution is 9.09. The molecule has 2 aromatic rings. The predicted molar refractivity (Wildman–Crippen MR) is 138 cm³/mol. The number of carbonyl (C=O) groups excluding carboxylic acids is 1. The number of amides is 1. The number of hydrogen-bond acceptors (Lipinski definition) is 4. The number of nitrogens with zero attached hydrogens (tertiary/aromatic N) is 4. The number of fused-ring (bicyclic) bond motifs is 3. The van der Waals surface area contributed by atoms with Gasteiger partial charge in [0, 0.05) is 43.8 Å². The number of carbonyl (C=O) groups is 1. The summed E-state index contributed by atoms with van der Waals surface area (Å²) in [5.74, 6) is -0.0356. The van der Waals surface area contributed by atoms with Gasteiger partial charge in [0.05, 0.1) is 17.9 Å². The average molecular weight is 576 g/mol. The highest BCUT2D eigenvalue weighted by Gasteiger charge is 2.41. The summed E-state index contributed by atoms with van der Waals surface area (Å²) in [4.78, 5) is 20.5. The van der Waals surface area contributed by atoms with Crippen LogP contribution in [0.2, 0.25) is 25.7 Å². The van der Waals surface area contributed by atoms with Gasteiger partial charge in [0.1, 0.15) is 18.9 Å². The van der Waals surface area contributed by atoms with Gasteiger partial charge in [0.15, 0.2) is 0 Å².